The van der Waals surface area contributed by atoms with Gasteiger partial charge in [0.25, 0.3) is 0 Å². The fraction of sp³-hybridized carbons (Fsp3) is 0.976. The van der Waals surface area contributed by atoms with E-state index in [2.05, 4.69) is 13.8 Å². The standard InChI is InChI=1S/C41H82O4/c1-3-5-7-9-11-13-15-16-17-18-19-20-21-22-23-24-25-26-27-29-31-33-35-37-44-39-40(38-42)45-41(43)36-34-32-30-28-14-12-10-8-6-4-2/h40,42H,3-39H2,1-2H3. The van der Waals surface area contributed by atoms with Crippen LogP contribution >= 0.6 is 0 Å². The maximum atomic E-state index is 12.1. The van der Waals surface area contributed by atoms with Crippen LogP contribution in [0.1, 0.15) is 232 Å². The average molecular weight is 639 g/mol. The van der Waals surface area contributed by atoms with Gasteiger partial charge in [-0.05, 0) is 12.8 Å². The van der Waals surface area contributed by atoms with E-state index in [9.17, 15) is 9.90 Å². The summed E-state index contributed by atoms with van der Waals surface area (Å²) >= 11 is 0. The molecule has 0 aliphatic carbocycles. The molecule has 0 aliphatic heterocycles. The second-order valence-corrected chi connectivity index (χ2v) is 14.1. The number of aliphatic hydroxyl groups excluding tert-OH is 1. The molecule has 45 heavy (non-hydrogen) atoms. The molecular weight excluding hydrogens is 556 g/mol. The van der Waals surface area contributed by atoms with Gasteiger partial charge in [-0.2, -0.15) is 0 Å². The van der Waals surface area contributed by atoms with Crippen molar-refractivity contribution in [2.24, 2.45) is 0 Å². The Hall–Kier alpha value is -0.610. The van der Waals surface area contributed by atoms with E-state index in [1.807, 2.05) is 0 Å². The van der Waals surface area contributed by atoms with E-state index in [1.54, 1.807) is 0 Å². The fourth-order valence-electron chi connectivity index (χ4n) is 6.33. The zero-order chi connectivity index (χ0) is 32.7. The van der Waals surface area contributed by atoms with Crippen LogP contribution in [0.5, 0.6) is 0 Å². The normalized spacial score (nSPS) is 12.2. The summed E-state index contributed by atoms with van der Waals surface area (Å²) in [4.78, 5) is 12.1. The lowest BCUT2D eigenvalue weighted by Gasteiger charge is -2.16. The maximum Gasteiger partial charge on any atom is 0.306 e. The van der Waals surface area contributed by atoms with Crippen LogP contribution in [0.2, 0.25) is 0 Å². The van der Waals surface area contributed by atoms with E-state index >= 15 is 0 Å². The van der Waals surface area contributed by atoms with Gasteiger partial charge >= 0.3 is 5.97 Å². The summed E-state index contributed by atoms with van der Waals surface area (Å²) in [5.74, 6) is -0.197. The zero-order valence-corrected chi connectivity index (χ0v) is 30.9. The molecule has 0 amide bonds. The van der Waals surface area contributed by atoms with Crippen molar-refractivity contribution in [3.8, 4) is 0 Å². The number of unbranched alkanes of at least 4 members (excludes halogenated alkanes) is 31. The SMILES string of the molecule is CCCCCCCCCCCCCCCCCCCCCCCCCOCC(CO)OC(=O)CCCCCCCCCCCC. The van der Waals surface area contributed by atoms with Crippen LogP contribution < -0.4 is 0 Å². The average Bonchev–Trinajstić information content (AvgIpc) is 3.05. The maximum absolute atomic E-state index is 12.1. The van der Waals surface area contributed by atoms with E-state index in [-0.39, 0.29) is 12.6 Å². The van der Waals surface area contributed by atoms with Crippen molar-refractivity contribution in [3.63, 3.8) is 0 Å². The van der Waals surface area contributed by atoms with Crippen molar-refractivity contribution >= 4 is 5.97 Å². The van der Waals surface area contributed by atoms with E-state index in [0.29, 0.717) is 19.6 Å². The number of esters is 1. The van der Waals surface area contributed by atoms with Gasteiger partial charge in [-0.15, -0.1) is 0 Å². The molecule has 1 atom stereocenters. The molecule has 0 fully saturated rings. The van der Waals surface area contributed by atoms with E-state index < -0.39 is 6.10 Å². The van der Waals surface area contributed by atoms with Crippen molar-refractivity contribution in [3.05, 3.63) is 0 Å². The van der Waals surface area contributed by atoms with Crippen LogP contribution in [0.3, 0.4) is 0 Å². The highest BCUT2D eigenvalue weighted by atomic mass is 16.6. The molecule has 0 aromatic heterocycles. The van der Waals surface area contributed by atoms with E-state index in [1.165, 1.54) is 193 Å². The Morgan fingerprint density at radius 3 is 1.04 bits per heavy atom. The fourth-order valence-corrected chi connectivity index (χ4v) is 6.33. The molecule has 0 saturated carbocycles. The van der Waals surface area contributed by atoms with Crippen molar-refractivity contribution in [2.45, 2.75) is 238 Å². The van der Waals surface area contributed by atoms with Gasteiger partial charge < -0.3 is 14.6 Å². The molecule has 1 unspecified atom stereocenters. The minimum absolute atomic E-state index is 0.164. The summed E-state index contributed by atoms with van der Waals surface area (Å²) in [6.07, 6.45) is 44.5. The van der Waals surface area contributed by atoms with Crippen LogP contribution in [0.25, 0.3) is 0 Å². The molecule has 4 heteroatoms. The molecule has 0 rings (SSSR count). The lowest BCUT2D eigenvalue weighted by atomic mass is 10.0. The summed E-state index contributed by atoms with van der Waals surface area (Å²) in [6.45, 7) is 5.38. The number of rotatable bonds is 39. The van der Waals surface area contributed by atoms with Gasteiger partial charge in [0.15, 0.2) is 0 Å². The summed E-state index contributed by atoms with van der Waals surface area (Å²) < 4.78 is 11.1. The van der Waals surface area contributed by atoms with Crippen LogP contribution in [0, 0.1) is 0 Å². The summed E-state index contributed by atoms with van der Waals surface area (Å²) in [5.41, 5.74) is 0. The molecular formula is C41H82O4. The third kappa shape index (κ3) is 37.7. The Morgan fingerprint density at radius 2 is 0.733 bits per heavy atom. The van der Waals surface area contributed by atoms with Crippen molar-refractivity contribution in [1.82, 2.24) is 0 Å². The third-order valence-electron chi connectivity index (χ3n) is 9.43. The van der Waals surface area contributed by atoms with Gasteiger partial charge in [-0.1, -0.05) is 213 Å². The van der Waals surface area contributed by atoms with Gasteiger partial charge in [0.05, 0.1) is 13.2 Å². The summed E-state index contributed by atoms with van der Waals surface area (Å²) in [6, 6.07) is 0. The molecule has 0 aromatic carbocycles. The predicted molar refractivity (Wildman–Crippen MR) is 196 cm³/mol. The molecule has 0 aromatic rings. The van der Waals surface area contributed by atoms with Gasteiger partial charge in [0, 0.05) is 13.0 Å². The number of aliphatic hydroxyl groups is 1. The summed E-state index contributed by atoms with van der Waals surface area (Å²) in [5, 5.41) is 9.55. The van der Waals surface area contributed by atoms with Crippen LogP contribution in [-0.4, -0.2) is 37.0 Å². The van der Waals surface area contributed by atoms with Crippen molar-refractivity contribution < 1.29 is 19.4 Å². The van der Waals surface area contributed by atoms with Crippen LogP contribution in [0.4, 0.5) is 0 Å². The molecule has 1 N–H and O–H groups in total. The monoisotopic (exact) mass is 639 g/mol. The lowest BCUT2D eigenvalue weighted by molar-refractivity contribution is -0.154. The molecule has 0 radical (unpaired) electrons. The Labute approximate surface area is 283 Å². The number of hydrogen-bond donors (Lipinski definition) is 1. The van der Waals surface area contributed by atoms with Gasteiger partial charge in [-0.3, -0.25) is 4.79 Å². The quantitative estimate of drug-likeness (QED) is 0.0537. The molecule has 4 nitrogen and oxygen atoms in total. The number of ether oxygens (including phenoxy) is 2. The molecule has 0 heterocycles. The zero-order valence-electron chi connectivity index (χ0n) is 30.9. The summed E-state index contributed by atoms with van der Waals surface area (Å²) in [7, 11) is 0. The highest BCUT2D eigenvalue weighted by molar-refractivity contribution is 5.69. The van der Waals surface area contributed by atoms with Crippen LogP contribution in [-0.2, 0) is 14.3 Å². The molecule has 0 bridgehead atoms. The number of hydrogen-bond acceptors (Lipinski definition) is 4. The first-order chi connectivity index (χ1) is 22.2. The topological polar surface area (TPSA) is 55.8 Å². The Bertz CT molecular complexity index is 552. The van der Waals surface area contributed by atoms with Gasteiger partial charge in [0.1, 0.15) is 6.10 Å². The second kappa shape index (κ2) is 39.6. The second-order valence-electron chi connectivity index (χ2n) is 14.1. The molecule has 0 aliphatic rings. The first-order valence-corrected chi connectivity index (χ1v) is 20.6. The number of carbonyl (C=O) groups excluding carboxylic acids is 1. The largest absolute Gasteiger partial charge is 0.457 e. The highest BCUT2D eigenvalue weighted by Gasteiger charge is 2.13. The first-order valence-electron chi connectivity index (χ1n) is 20.6. The molecule has 0 saturated heterocycles. The Morgan fingerprint density at radius 1 is 0.444 bits per heavy atom. The van der Waals surface area contributed by atoms with E-state index in [4.69, 9.17) is 9.47 Å². The first kappa shape index (κ1) is 44.4. The predicted octanol–water partition coefficient (Wildman–Crippen LogP) is 13.2. The Kier molecular flexibility index (Phi) is 39.0. The van der Waals surface area contributed by atoms with Crippen molar-refractivity contribution in [2.75, 3.05) is 19.8 Å². The minimum atomic E-state index is -0.523. The minimum Gasteiger partial charge on any atom is -0.457 e. The Balaban J connectivity index is 3.30. The van der Waals surface area contributed by atoms with Gasteiger partial charge in [0.2, 0.25) is 0 Å². The highest BCUT2D eigenvalue weighted by Crippen LogP contribution is 2.16. The molecule has 0 spiro atoms. The third-order valence-corrected chi connectivity index (χ3v) is 9.43. The smallest absolute Gasteiger partial charge is 0.306 e. The van der Waals surface area contributed by atoms with E-state index in [0.717, 1.165) is 19.3 Å². The van der Waals surface area contributed by atoms with Crippen LogP contribution in [0.15, 0.2) is 0 Å². The van der Waals surface area contributed by atoms with Crippen molar-refractivity contribution in [1.29, 1.82) is 0 Å². The lowest BCUT2D eigenvalue weighted by Crippen LogP contribution is -2.27. The van der Waals surface area contributed by atoms with Gasteiger partial charge in [-0.25, -0.2) is 0 Å². The number of carbonyl (C=O) groups is 1. The molecule has 270 valence electrons.